The molecule has 0 atom stereocenters. The van der Waals surface area contributed by atoms with Gasteiger partial charge in [0.1, 0.15) is 10.8 Å². The number of methoxy groups -OCH3 is 2. The van der Waals surface area contributed by atoms with Crippen LogP contribution in [0.15, 0.2) is 90.3 Å². The van der Waals surface area contributed by atoms with Crippen LogP contribution in [0.2, 0.25) is 0 Å². The molecular weight excluding hydrogens is 456 g/mol. The lowest BCUT2D eigenvalue weighted by Crippen LogP contribution is -2.02. The maximum Gasteiger partial charge on any atom is 0.161 e. The van der Waals surface area contributed by atoms with Crippen molar-refractivity contribution >= 4 is 17.2 Å². The van der Waals surface area contributed by atoms with E-state index < -0.39 is 0 Å². The highest BCUT2D eigenvalue weighted by Crippen LogP contribution is 2.34. The molecule has 0 aliphatic carbocycles. The summed E-state index contributed by atoms with van der Waals surface area (Å²) in [5.41, 5.74) is 6.05. The standard InChI is InChI=1S/C28H24N4O2S/c1-33-25-14-12-22(16-26(25)34-2)24-18-35-28(30-24)21-10-8-19(9-11-21)17-29-27-15-13-23(31-32-27)20-6-4-3-5-7-20/h3-16,18H,17H2,1-2H3,(H,29,32). The Balaban J connectivity index is 1.23. The van der Waals surface area contributed by atoms with E-state index in [0.717, 1.165) is 44.5 Å². The lowest BCUT2D eigenvalue weighted by atomic mass is 10.1. The number of nitrogens with one attached hydrogen (secondary N) is 1. The summed E-state index contributed by atoms with van der Waals surface area (Å²) in [5.74, 6) is 2.14. The van der Waals surface area contributed by atoms with Crippen LogP contribution >= 0.6 is 11.3 Å². The van der Waals surface area contributed by atoms with Crippen molar-refractivity contribution in [3.63, 3.8) is 0 Å². The molecule has 0 bridgehead atoms. The van der Waals surface area contributed by atoms with Crippen LogP contribution in [-0.4, -0.2) is 29.4 Å². The molecule has 0 radical (unpaired) electrons. The second-order valence-electron chi connectivity index (χ2n) is 7.83. The van der Waals surface area contributed by atoms with Gasteiger partial charge in [-0.15, -0.1) is 21.5 Å². The summed E-state index contributed by atoms with van der Waals surface area (Å²) in [6.45, 7) is 0.661. The van der Waals surface area contributed by atoms with Crippen LogP contribution in [-0.2, 0) is 6.54 Å². The van der Waals surface area contributed by atoms with Crippen LogP contribution < -0.4 is 14.8 Å². The first-order valence-corrected chi connectivity index (χ1v) is 12.0. The van der Waals surface area contributed by atoms with Gasteiger partial charge >= 0.3 is 0 Å². The van der Waals surface area contributed by atoms with Crippen molar-refractivity contribution in [3.8, 4) is 44.6 Å². The van der Waals surface area contributed by atoms with Gasteiger partial charge in [-0.25, -0.2) is 4.98 Å². The molecule has 1 N–H and O–H groups in total. The number of anilines is 1. The predicted octanol–water partition coefficient (Wildman–Crippen LogP) is 6.56. The molecule has 5 aromatic rings. The van der Waals surface area contributed by atoms with Crippen molar-refractivity contribution < 1.29 is 9.47 Å². The Labute approximate surface area is 208 Å². The van der Waals surface area contributed by atoms with Gasteiger partial charge in [-0.1, -0.05) is 54.6 Å². The lowest BCUT2D eigenvalue weighted by molar-refractivity contribution is 0.355. The Morgan fingerprint density at radius 1 is 0.714 bits per heavy atom. The molecule has 0 spiro atoms. The van der Waals surface area contributed by atoms with Crippen molar-refractivity contribution in [2.75, 3.05) is 19.5 Å². The molecule has 3 aromatic carbocycles. The first kappa shape index (κ1) is 22.6. The second kappa shape index (κ2) is 10.4. The number of benzene rings is 3. The second-order valence-corrected chi connectivity index (χ2v) is 8.69. The van der Waals surface area contributed by atoms with E-state index in [2.05, 4.69) is 45.2 Å². The van der Waals surface area contributed by atoms with E-state index in [0.29, 0.717) is 18.0 Å². The maximum absolute atomic E-state index is 5.42. The normalized spacial score (nSPS) is 10.7. The first-order chi connectivity index (χ1) is 17.2. The van der Waals surface area contributed by atoms with Gasteiger partial charge in [-0.05, 0) is 35.9 Å². The molecule has 0 aliphatic heterocycles. The topological polar surface area (TPSA) is 69.2 Å². The quantitative estimate of drug-likeness (QED) is 0.271. The highest BCUT2D eigenvalue weighted by Gasteiger charge is 2.11. The summed E-state index contributed by atoms with van der Waals surface area (Å²) < 4.78 is 10.7. The number of aromatic nitrogens is 3. The van der Waals surface area contributed by atoms with Crippen molar-refractivity contribution in [2.45, 2.75) is 6.54 Å². The van der Waals surface area contributed by atoms with Gasteiger partial charge in [0, 0.05) is 28.6 Å². The Morgan fingerprint density at radius 2 is 1.49 bits per heavy atom. The van der Waals surface area contributed by atoms with Gasteiger partial charge in [0.2, 0.25) is 0 Å². The van der Waals surface area contributed by atoms with Crippen LogP contribution in [0, 0.1) is 0 Å². The number of thiazole rings is 1. The average molecular weight is 481 g/mol. The molecule has 174 valence electrons. The minimum atomic E-state index is 0.661. The highest BCUT2D eigenvalue weighted by molar-refractivity contribution is 7.13. The smallest absolute Gasteiger partial charge is 0.161 e. The third kappa shape index (κ3) is 5.15. The molecule has 0 amide bonds. The molecule has 7 heteroatoms. The van der Waals surface area contributed by atoms with Gasteiger partial charge in [-0.3, -0.25) is 0 Å². The fourth-order valence-electron chi connectivity index (χ4n) is 3.68. The number of hydrogen-bond acceptors (Lipinski definition) is 7. The Kier molecular flexibility index (Phi) is 6.68. The zero-order chi connectivity index (χ0) is 24.0. The summed E-state index contributed by atoms with van der Waals surface area (Å²) >= 11 is 1.62. The third-order valence-corrected chi connectivity index (χ3v) is 6.48. The van der Waals surface area contributed by atoms with Gasteiger partial charge in [-0.2, -0.15) is 0 Å². The van der Waals surface area contributed by atoms with E-state index in [1.54, 1.807) is 25.6 Å². The molecule has 2 heterocycles. The summed E-state index contributed by atoms with van der Waals surface area (Å²) in [6, 6.07) is 28.2. The number of rotatable bonds is 8. The molecule has 6 nitrogen and oxygen atoms in total. The first-order valence-electron chi connectivity index (χ1n) is 11.1. The van der Waals surface area contributed by atoms with E-state index >= 15 is 0 Å². The fraction of sp³-hybridized carbons (Fsp3) is 0.107. The largest absolute Gasteiger partial charge is 0.493 e. The van der Waals surface area contributed by atoms with E-state index in [1.807, 2.05) is 60.7 Å². The third-order valence-electron chi connectivity index (χ3n) is 5.59. The molecule has 0 unspecified atom stereocenters. The summed E-state index contributed by atoms with van der Waals surface area (Å²) in [5, 5.41) is 15.0. The Bertz CT molecular complexity index is 1400. The summed E-state index contributed by atoms with van der Waals surface area (Å²) in [4.78, 5) is 4.83. The summed E-state index contributed by atoms with van der Waals surface area (Å²) in [7, 11) is 3.27. The Hall–Kier alpha value is -4.23. The van der Waals surface area contributed by atoms with E-state index in [1.165, 1.54) is 0 Å². The molecule has 2 aromatic heterocycles. The zero-order valence-electron chi connectivity index (χ0n) is 19.4. The number of hydrogen-bond donors (Lipinski definition) is 1. The molecule has 0 fully saturated rings. The predicted molar refractivity (Wildman–Crippen MR) is 141 cm³/mol. The van der Waals surface area contributed by atoms with Gasteiger partial charge in [0.25, 0.3) is 0 Å². The van der Waals surface area contributed by atoms with Crippen molar-refractivity contribution in [2.24, 2.45) is 0 Å². The molecule has 0 saturated carbocycles. The van der Waals surface area contributed by atoms with Gasteiger partial charge in [0.05, 0.1) is 25.6 Å². The van der Waals surface area contributed by atoms with Crippen LogP contribution in [0.25, 0.3) is 33.1 Å². The highest BCUT2D eigenvalue weighted by atomic mass is 32.1. The van der Waals surface area contributed by atoms with Crippen LogP contribution in [0.3, 0.4) is 0 Å². The number of nitrogens with zero attached hydrogens (tertiary/aromatic N) is 3. The van der Waals surface area contributed by atoms with Crippen LogP contribution in [0.4, 0.5) is 5.82 Å². The molecule has 0 aliphatic rings. The summed E-state index contributed by atoms with van der Waals surface area (Å²) in [6.07, 6.45) is 0. The monoisotopic (exact) mass is 480 g/mol. The molecule has 35 heavy (non-hydrogen) atoms. The maximum atomic E-state index is 5.42. The van der Waals surface area contributed by atoms with Gasteiger partial charge in [0.15, 0.2) is 11.5 Å². The van der Waals surface area contributed by atoms with E-state index in [4.69, 9.17) is 14.5 Å². The SMILES string of the molecule is COc1ccc(-c2csc(-c3ccc(CNc4ccc(-c5ccccc5)nn4)cc3)n2)cc1OC. The number of ether oxygens (including phenoxy) is 2. The van der Waals surface area contributed by atoms with Crippen molar-refractivity contribution in [3.05, 3.63) is 95.9 Å². The van der Waals surface area contributed by atoms with Gasteiger partial charge < -0.3 is 14.8 Å². The fourth-order valence-corrected chi connectivity index (χ4v) is 4.52. The average Bonchev–Trinajstić information content (AvgIpc) is 3.43. The van der Waals surface area contributed by atoms with Crippen LogP contribution in [0.1, 0.15) is 5.56 Å². The van der Waals surface area contributed by atoms with Crippen molar-refractivity contribution in [1.29, 1.82) is 0 Å². The Morgan fingerprint density at radius 3 is 2.20 bits per heavy atom. The molecule has 0 saturated heterocycles. The van der Waals surface area contributed by atoms with E-state index in [-0.39, 0.29) is 0 Å². The minimum Gasteiger partial charge on any atom is -0.493 e. The minimum absolute atomic E-state index is 0.661. The molecular formula is C28H24N4O2S. The lowest BCUT2D eigenvalue weighted by Gasteiger charge is -2.08. The zero-order valence-corrected chi connectivity index (χ0v) is 20.3. The van der Waals surface area contributed by atoms with E-state index in [9.17, 15) is 0 Å². The van der Waals surface area contributed by atoms with Crippen molar-refractivity contribution in [1.82, 2.24) is 15.2 Å². The van der Waals surface area contributed by atoms with Crippen LogP contribution in [0.5, 0.6) is 11.5 Å². The molecule has 5 rings (SSSR count).